The lowest BCUT2D eigenvalue weighted by Crippen LogP contribution is -2.59. The molecule has 1 amide bonds. The Morgan fingerprint density at radius 3 is 2.64 bits per heavy atom. The van der Waals surface area contributed by atoms with Crippen molar-refractivity contribution in [2.75, 3.05) is 19.7 Å². The van der Waals surface area contributed by atoms with Gasteiger partial charge in [0.25, 0.3) is 5.91 Å². The molecule has 28 heavy (non-hydrogen) atoms. The topological polar surface area (TPSA) is 43.7 Å². The van der Waals surface area contributed by atoms with Crippen LogP contribution in [0.2, 0.25) is 0 Å². The predicted molar refractivity (Wildman–Crippen MR) is 97.1 cm³/mol. The normalized spacial score (nSPS) is 28.4. The number of amides is 1. The molecule has 0 aliphatic carbocycles. The van der Waals surface area contributed by atoms with Crippen molar-refractivity contribution < 1.29 is 27.4 Å². The zero-order valence-electron chi connectivity index (χ0n) is 16.0. The van der Waals surface area contributed by atoms with Crippen LogP contribution in [0.15, 0.2) is 24.3 Å². The van der Waals surface area contributed by atoms with Crippen LogP contribution in [0, 0.1) is 0 Å². The number of benzene rings is 1. The zero-order chi connectivity index (χ0) is 20.3. The lowest BCUT2D eigenvalue weighted by molar-refractivity contribution is -0.160. The van der Waals surface area contributed by atoms with Gasteiger partial charge in [0.15, 0.2) is 0 Å². The Balaban J connectivity index is 1.67. The first-order chi connectivity index (χ1) is 13.1. The zero-order valence-corrected chi connectivity index (χ0v) is 16.0. The highest BCUT2D eigenvalue weighted by molar-refractivity contribution is 5.99. The molecule has 5 nitrogen and oxygen atoms in total. The summed E-state index contributed by atoms with van der Waals surface area (Å²) >= 11 is 0. The molecule has 2 saturated heterocycles. The molecule has 0 bridgehead atoms. The summed E-state index contributed by atoms with van der Waals surface area (Å²) in [6.45, 7) is 5.30. The quantitative estimate of drug-likeness (QED) is 0.740. The first-order valence-electron chi connectivity index (χ1n) is 9.36. The number of rotatable bonds is 1. The number of halogens is 3. The van der Waals surface area contributed by atoms with Gasteiger partial charge in [0.1, 0.15) is 11.3 Å². The second-order valence-electron chi connectivity index (χ2n) is 7.80. The molecule has 1 aromatic heterocycles. The van der Waals surface area contributed by atoms with Gasteiger partial charge in [0.2, 0.25) is 0 Å². The van der Waals surface area contributed by atoms with Gasteiger partial charge >= 0.3 is 6.18 Å². The van der Waals surface area contributed by atoms with Crippen molar-refractivity contribution in [2.24, 2.45) is 7.05 Å². The number of aromatic nitrogens is 1. The monoisotopic (exact) mass is 396 g/mol. The molecule has 3 atom stereocenters. The van der Waals surface area contributed by atoms with Crippen LogP contribution in [0.5, 0.6) is 0 Å². The second-order valence-corrected chi connectivity index (χ2v) is 7.80. The molecule has 1 aromatic carbocycles. The molecule has 2 fully saturated rings. The van der Waals surface area contributed by atoms with E-state index in [0.29, 0.717) is 42.7 Å². The third-order valence-electron chi connectivity index (χ3n) is 5.88. The van der Waals surface area contributed by atoms with Crippen LogP contribution in [0.1, 0.15) is 36.3 Å². The fraction of sp³-hybridized carbons (Fsp3) is 0.550. The van der Waals surface area contributed by atoms with E-state index in [1.807, 2.05) is 13.8 Å². The van der Waals surface area contributed by atoms with Gasteiger partial charge in [-0.15, -0.1) is 0 Å². The number of carbonyl (C=O) groups excluding carboxylic acids is 1. The van der Waals surface area contributed by atoms with Crippen LogP contribution in [-0.4, -0.2) is 52.9 Å². The van der Waals surface area contributed by atoms with E-state index in [0.717, 1.165) is 12.1 Å². The molecule has 4 rings (SSSR count). The van der Waals surface area contributed by atoms with Gasteiger partial charge in [-0.05, 0) is 38.1 Å². The number of nitrogens with zero attached hydrogens (tertiary/aromatic N) is 2. The average molecular weight is 396 g/mol. The fourth-order valence-corrected chi connectivity index (χ4v) is 4.35. The minimum Gasteiger partial charge on any atom is -0.375 e. The van der Waals surface area contributed by atoms with Gasteiger partial charge in [-0.2, -0.15) is 13.2 Å². The van der Waals surface area contributed by atoms with Crippen LogP contribution < -0.4 is 0 Å². The molecule has 0 radical (unpaired) electrons. The Morgan fingerprint density at radius 1 is 1.25 bits per heavy atom. The third-order valence-corrected chi connectivity index (χ3v) is 5.88. The van der Waals surface area contributed by atoms with Crippen molar-refractivity contribution >= 4 is 16.8 Å². The molecular formula is C20H23F3N2O3. The SMILES string of the molecule is C[C@@H]1CN(C(=O)c2cc3cc(C(F)(F)F)ccc3n2C)C[C@]2(CCO[C@@H]2C)O1. The van der Waals surface area contributed by atoms with Gasteiger partial charge in [-0.3, -0.25) is 4.79 Å². The number of fused-ring (bicyclic) bond motifs is 1. The number of carbonyl (C=O) groups is 1. The smallest absolute Gasteiger partial charge is 0.375 e. The molecule has 0 saturated carbocycles. The van der Waals surface area contributed by atoms with Gasteiger partial charge < -0.3 is 18.9 Å². The summed E-state index contributed by atoms with van der Waals surface area (Å²) in [6, 6.07) is 5.07. The second kappa shape index (κ2) is 6.49. The van der Waals surface area contributed by atoms with E-state index in [2.05, 4.69) is 0 Å². The Labute approximate surface area is 161 Å². The van der Waals surface area contributed by atoms with E-state index >= 15 is 0 Å². The number of morpholine rings is 1. The highest BCUT2D eigenvalue weighted by atomic mass is 19.4. The fourth-order valence-electron chi connectivity index (χ4n) is 4.35. The molecule has 1 spiro atoms. The maximum absolute atomic E-state index is 13.3. The van der Waals surface area contributed by atoms with E-state index in [1.54, 1.807) is 16.5 Å². The van der Waals surface area contributed by atoms with Crippen LogP contribution >= 0.6 is 0 Å². The van der Waals surface area contributed by atoms with E-state index < -0.39 is 17.3 Å². The van der Waals surface area contributed by atoms with Crippen LogP contribution in [-0.2, 0) is 22.7 Å². The molecule has 2 aliphatic rings. The summed E-state index contributed by atoms with van der Waals surface area (Å²) in [6.07, 6.45) is -3.97. The van der Waals surface area contributed by atoms with Crippen molar-refractivity contribution in [3.8, 4) is 0 Å². The Hall–Kier alpha value is -2.06. The van der Waals surface area contributed by atoms with Crippen molar-refractivity contribution in [1.29, 1.82) is 0 Å². The summed E-state index contributed by atoms with van der Waals surface area (Å²) in [5.74, 6) is -0.208. The molecule has 0 N–H and O–H groups in total. The first-order valence-corrected chi connectivity index (χ1v) is 9.36. The lowest BCUT2D eigenvalue weighted by Gasteiger charge is -2.45. The lowest BCUT2D eigenvalue weighted by atomic mass is 9.93. The molecule has 2 aromatic rings. The Kier molecular flexibility index (Phi) is 4.46. The van der Waals surface area contributed by atoms with Gasteiger partial charge in [0, 0.05) is 37.5 Å². The number of alkyl halides is 3. The third kappa shape index (κ3) is 3.08. The molecule has 2 aliphatic heterocycles. The average Bonchev–Trinajstić information content (AvgIpc) is 3.13. The molecule has 152 valence electrons. The van der Waals surface area contributed by atoms with Crippen LogP contribution in [0.25, 0.3) is 10.9 Å². The maximum atomic E-state index is 13.3. The van der Waals surface area contributed by atoms with E-state index in [9.17, 15) is 18.0 Å². The Bertz CT molecular complexity index is 923. The van der Waals surface area contributed by atoms with E-state index in [-0.39, 0.29) is 18.1 Å². The largest absolute Gasteiger partial charge is 0.416 e. The standard InChI is InChI=1S/C20H23F3N2O3/c1-12-10-25(11-19(28-12)6-7-27-13(19)2)18(26)17-9-14-8-15(20(21,22)23)4-5-16(14)24(17)3/h4-5,8-9,12-13H,6-7,10-11H2,1-3H3/t12-,13-,19+/m1/s1. The van der Waals surface area contributed by atoms with Crippen LogP contribution in [0.4, 0.5) is 13.2 Å². The molecule has 0 unspecified atom stereocenters. The molecular weight excluding hydrogens is 373 g/mol. The van der Waals surface area contributed by atoms with Crippen LogP contribution in [0.3, 0.4) is 0 Å². The predicted octanol–water partition coefficient (Wildman–Crippen LogP) is 3.61. The minimum atomic E-state index is -4.42. The van der Waals surface area contributed by atoms with Gasteiger partial charge in [-0.25, -0.2) is 0 Å². The van der Waals surface area contributed by atoms with Crippen molar-refractivity contribution in [3.63, 3.8) is 0 Å². The highest BCUT2D eigenvalue weighted by Gasteiger charge is 2.49. The van der Waals surface area contributed by atoms with E-state index in [4.69, 9.17) is 9.47 Å². The molecule has 3 heterocycles. The maximum Gasteiger partial charge on any atom is 0.416 e. The van der Waals surface area contributed by atoms with E-state index in [1.165, 1.54) is 12.1 Å². The number of hydrogen-bond acceptors (Lipinski definition) is 3. The van der Waals surface area contributed by atoms with Crippen molar-refractivity contribution in [3.05, 3.63) is 35.5 Å². The first kappa shape index (κ1) is 19.3. The summed E-state index contributed by atoms with van der Waals surface area (Å²) in [4.78, 5) is 15.0. The Morgan fingerprint density at radius 2 is 2.00 bits per heavy atom. The van der Waals surface area contributed by atoms with Gasteiger partial charge in [0.05, 0.1) is 24.3 Å². The molecule has 8 heteroatoms. The highest BCUT2D eigenvalue weighted by Crippen LogP contribution is 2.36. The summed E-state index contributed by atoms with van der Waals surface area (Å²) in [5, 5.41) is 0.397. The van der Waals surface area contributed by atoms with Crippen molar-refractivity contribution in [1.82, 2.24) is 9.47 Å². The van der Waals surface area contributed by atoms with Crippen molar-refractivity contribution in [2.45, 2.75) is 44.3 Å². The number of hydrogen-bond donors (Lipinski definition) is 0. The minimum absolute atomic E-state index is 0.118. The summed E-state index contributed by atoms with van der Waals surface area (Å²) in [7, 11) is 1.70. The number of ether oxygens (including phenoxy) is 2. The van der Waals surface area contributed by atoms with Gasteiger partial charge in [-0.1, -0.05) is 0 Å². The summed E-state index contributed by atoms with van der Waals surface area (Å²) < 4.78 is 52.5. The summed E-state index contributed by atoms with van der Waals surface area (Å²) in [5.41, 5.74) is -0.294. The number of aryl methyl sites for hydroxylation is 1.